The molecule has 1 atom stereocenters. The molecule has 2 nitrogen and oxygen atoms in total. The van der Waals surface area contributed by atoms with Crippen LogP contribution in [0.25, 0.3) is 0 Å². The lowest BCUT2D eigenvalue weighted by Crippen LogP contribution is -2.55. The Bertz CT molecular complexity index is 450. The second kappa shape index (κ2) is 6.15. The summed E-state index contributed by atoms with van der Waals surface area (Å²) >= 11 is 1.92. The Hall–Kier alpha value is -0.410. The Balaban J connectivity index is 2.44. The van der Waals surface area contributed by atoms with Crippen LogP contribution in [0.1, 0.15) is 75.4 Å². The van der Waals surface area contributed by atoms with E-state index in [9.17, 15) is 0 Å². The first-order valence-electron chi connectivity index (χ1n) is 8.18. The maximum atomic E-state index is 5.03. The average molecular weight is 295 g/mol. The molecule has 114 valence electrons. The molecule has 0 saturated heterocycles. The Labute approximate surface area is 128 Å². The average Bonchev–Trinajstić information content (AvgIpc) is 2.79. The summed E-state index contributed by atoms with van der Waals surface area (Å²) in [5.74, 6) is 0. The quantitative estimate of drug-likeness (QED) is 0.843. The van der Waals surface area contributed by atoms with E-state index in [0.29, 0.717) is 0 Å². The van der Waals surface area contributed by atoms with E-state index >= 15 is 0 Å². The van der Waals surface area contributed by atoms with Crippen LogP contribution in [-0.4, -0.2) is 11.5 Å². The van der Waals surface area contributed by atoms with Gasteiger partial charge in [0, 0.05) is 4.88 Å². The van der Waals surface area contributed by atoms with Gasteiger partial charge < -0.3 is 5.32 Å². The number of hydrogen-bond donors (Lipinski definition) is 1. The zero-order valence-electron chi connectivity index (χ0n) is 13.8. The van der Waals surface area contributed by atoms with Crippen molar-refractivity contribution in [2.24, 2.45) is 5.41 Å². The molecule has 1 unspecified atom stereocenters. The molecule has 1 fully saturated rings. The van der Waals surface area contributed by atoms with Gasteiger partial charge in [0.05, 0.1) is 11.2 Å². The molecule has 1 aliphatic rings. The maximum Gasteiger partial charge on any atom is 0.114 e. The fraction of sp³-hybridized carbons (Fsp3) is 0.824. The molecule has 0 aliphatic heterocycles. The van der Waals surface area contributed by atoms with Crippen LogP contribution in [0.15, 0.2) is 0 Å². The number of hydrogen-bond acceptors (Lipinski definition) is 3. The summed E-state index contributed by atoms with van der Waals surface area (Å²) in [4.78, 5) is 6.43. The molecule has 1 aromatic heterocycles. The first-order valence-corrected chi connectivity index (χ1v) is 9.00. The van der Waals surface area contributed by atoms with Crippen molar-refractivity contribution in [3.63, 3.8) is 0 Å². The molecule has 20 heavy (non-hydrogen) atoms. The second-order valence-electron chi connectivity index (χ2n) is 6.80. The van der Waals surface area contributed by atoms with Crippen molar-refractivity contribution < 1.29 is 0 Å². The third-order valence-electron chi connectivity index (χ3n) is 5.03. The summed E-state index contributed by atoms with van der Waals surface area (Å²) in [7, 11) is 0. The molecule has 1 saturated carbocycles. The highest BCUT2D eigenvalue weighted by atomic mass is 32.1. The van der Waals surface area contributed by atoms with Crippen molar-refractivity contribution in [3.05, 3.63) is 15.6 Å². The van der Waals surface area contributed by atoms with E-state index < -0.39 is 0 Å². The van der Waals surface area contributed by atoms with Gasteiger partial charge in [0.25, 0.3) is 0 Å². The summed E-state index contributed by atoms with van der Waals surface area (Å²) in [6, 6.07) is 0. The molecule has 1 aromatic rings. The standard InChI is InChI=1S/C17H30N2S/c1-6-12-18-17(11-9-8-10-16(17,4)5)15-19-14(7-2)13(3)20-15/h18H,6-12H2,1-5H3. The number of rotatable bonds is 5. The van der Waals surface area contributed by atoms with Gasteiger partial charge in [-0.1, -0.05) is 40.5 Å². The predicted molar refractivity (Wildman–Crippen MR) is 88.4 cm³/mol. The van der Waals surface area contributed by atoms with Gasteiger partial charge in [0.15, 0.2) is 0 Å². The van der Waals surface area contributed by atoms with Crippen LogP contribution in [0.2, 0.25) is 0 Å². The molecule has 2 rings (SSSR count). The van der Waals surface area contributed by atoms with Crippen molar-refractivity contribution in [2.45, 2.75) is 78.7 Å². The minimum absolute atomic E-state index is 0.0874. The third kappa shape index (κ3) is 2.67. The second-order valence-corrected chi connectivity index (χ2v) is 8.00. The summed E-state index contributed by atoms with van der Waals surface area (Å²) < 4.78 is 0. The Morgan fingerprint density at radius 3 is 2.45 bits per heavy atom. The molecule has 3 heteroatoms. The van der Waals surface area contributed by atoms with E-state index in [1.165, 1.54) is 47.7 Å². The highest BCUT2D eigenvalue weighted by molar-refractivity contribution is 7.11. The summed E-state index contributed by atoms with van der Waals surface area (Å²) in [6.45, 7) is 12.6. The fourth-order valence-corrected chi connectivity index (χ4v) is 4.96. The largest absolute Gasteiger partial charge is 0.305 e. The SMILES string of the molecule is CCCNC1(c2nc(CC)c(C)s2)CCCCC1(C)C. The van der Waals surface area contributed by atoms with Crippen LogP contribution in [0.5, 0.6) is 0 Å². The van der Waals surface area contributed by atoms with Gasteiger partial charge in [-0.25, -0.2) is 4.98 Å². The van der Waals surface area contributed by atoms with Crippen LogP contribution in [0.3, 0.4) is 0 Å². The summed E-state index contributed by atoms with van der Waals surface area (Å²) in [5.41, 5.74) is 1.67. The molecule has 0 spiro atoms. The molecule has 1 aliphatic carbocycles. The first-order chi connectivity index (χ1) is 9.47. The van der Waals surface area contributed by atoms with Crippen LogP contribution in [-0.2, 0) is 12.0 Å². The molecule has 1 N–H and O–H groups in total. The summed E-state index contributed by atoms with van der Waals surface area (Å²) in [6.07, 6.45) is 7.43. The Kier molecular flexibility index (Phi) is 4.91. The topological polar surface area (TPSA) is 24.9 Å². The fourth-order valence-electron chi connectivity index (χ4n) is 3.59. The van der Waals surface area contributed by atoms with Crippen LogP contribution in [0.4, 0.5) is 0 Å². The number of aryl methyl sites for hydroxylation is 2. The zero-order chi connectivity index (χ0) is 14.8. The molecule has 1 heterocycles. The van der Waals surface area contributed by atoms with E-state index in [2.05, 4.69) is 39.9 Å². The number of thiazole rings is 1. The van der Waals surface area contributed by atoms with E-state index in [1.807, 2.05) is 11.3 Å². The lowest BCUT2D eigenvalue weighted by molar-refractivity contribution is 0.0592. The lowest BCUT2D eigenvalue weighted by atomic mass is 9.63. The van der Waals surface area contributed by atoms with E-state index in [0.717, 1.165) is 13.0 Å². The minimum Gasteiger partial charge on any atom is -0.305 e. The van der Waals surface area contributed by atoms with Crippen molar-refractivity contribution >= 4 is 11.3 Å². The van der Waals surface area contributed by atoms with Gasteiger partial charge in [-0.05, 0) is 44.6 Å². The molecule has 0 radical (unpaired) electrons. The van der Waals surface area contributed by atoms with E-state index in [1.54, 1.807) is 0 Å². The van der Waals surface area contributed by atoms with Gasteiger partial charge in [0.1, 0.15) is 5.01 Å². The number of nitrogens with zero attached hydrogens (tertiary/aromatic N) is 1. The first kappa shape index (κ1) is 16.0. The molecule has 0 aromatic carbocycles. The molecule has 0 bridgehead atoms. The van der Waals surface area contributed by atoms with Gasteiger partial charge in [-0.15, -0.1) is 11.3 Å². The maximum absolute atomic E-state index is 5.03. The predicted octanol–water partition coefficient (Wildman–Crippen LogP) is 4.81. The van der Waals surface area contributed by atoms with E-state index in [4.69, 9.17) is 4.98 Å². The zero-order valence-corrected chi connectivity index (χ0v) is 14.6. The third-order valence-corrected chi connectivity index (χ3v) is 6.20. The smallest absolute Gasteiger partial charge is 0.114 e. The van der Waals surface area contributed by atoms with Crippen molar-refractivity contribution in [1.82, 2.24) is 10.3 Å². The molecular weight excluding hydrogens is 264 g/mol. The van der Waals surface area contributed by atoms with Crippen LogP contribution >= 0.6 is 11.3 Å². The van der Waals surface area contributed by atoms with Crippen LogP contribution < -0.4 is 5.32 Å². The highest BCUT2D eigenvalue weighted by Gasteiger charge is 2.49. The van der Waals surface area contributed by atoms with Gasteiger partial charge >= 0.3 is 0 Å². The van der Waals surface area contributed by atoms with Gasteiger partial charge in [-0.3, -0.25) is 0 Å². The minimum atomic E-state index is 0.0874. The number of nitrogens with one attached hydrogen (secondary N) is 1. The Morgan fingerprint density at radius 2 is 1.90 bits per heavy atom. The monoisotopic (exact) mass is 294 g/mol. The lowest BCUT2D eigenvalue weighted by Gasteiger charge is -2.50. The molecule has 0 amide bonds. The van der Waals surface area contributed by atoms with Gasteiger partial charge in [-0.2, -0.15) is 0 Å². The highest BCUT2D eigenvalue weighted by Crippen LogP contribution is 2.51. The molecular formula is C17H30N2S. The van der Waals surface area contributed by atoms with Crippen LogP contribution in [0, 0.1) is 12.3 Å². The van der Waals surface area contributed by atoms with Crippen molar-refractivity contribution in [3.8, 4) is 0 Å². The van der Waals surface area contributed by atoms with Gasteiger partial charge in [0.2, 0.25) is 0 Å². The number of aromatic nitrogens is 1. The Morgan fingerprint density at radius 1 is 1.20 bits per heavy atom. The van der Waals surface area contributed by atoms with Crippen molar-refractivity contribution in [1.29, 1.82) is 0 Å². The normalized spacial score (nSPS) is 25.9. The summed E-state index contributed by atoms with van der Waals surface area (Å²) in [5, 5.41) is 5.24. The van der Waals surface area contributed by atoms with E-state index in [-0.39, 0.29) is 11.0 Å². The van der Waals surface area contributed by atoms with Crippen molar-refractivity contribution in [2.75, 3.05) is 6.54 Å².